The van der Waals surface area contributed by atoms with Gasteiger partial charge < -0.3 is 10.1 Å². The number of aryl methyl sites for hydroxylation is 2. The molecule has 1 aromatic heterocycles. The van der Waals surface area contributed by atoms with Crippen LogP contribution in [0.5, 0.6) is 0 Å². The Hall–Kier alpha value is -0.870. The van der Waals surface area contributed by atoms with Crippen molar-refractivity contribution in [2.75, 3.05) is 13.2 Å². The molecule has 0 unspecified atom stereocenters. The quantitative estimate of drug-likeness (QED) is 0.895. The van der Waals surface area contributed by atoms with Gasteiger partial charge in [-0.2, -0.15) is 0 Å². The van der Waals surface area contributed by atoms with Crippen molar-refractivity contribution < 1.29 is 9.53 Å². The van der Waals surface area contributed by atoms with E-state index in [1.54, 1.807) is 11.3 Å². The maximum atomic E-state index is 11.9. The molecule has 0 bridgehead atoms. The number of carbonyl (C=O) groups excluding carboxylic acids is 1. The molecule has 0 aliphatic carbocycles. The van der Waals surface area contributed by atoms with Crippen LogP contribution in [0.2, 0.25) is 0 Å². The van der Waals surface area contributed by atoms with Crippen molar-refractivity contribution in [2.45, 2.75) is 39.2 Å². The van der Waals surface area contributed by atoms with Gasteiger partial charge >= 0.3 is 0 Å². The van der Waals surface area contributed by atoms with Gasteiger partial charge in [-0.3, -0.25) is 4.79 Å². The van der Waals surface area contributed by atoms with E-state index in [4.69, 9.17) is 4.74 Å². The van der Waals surface area contributed by atoms with Gasteiger partial charge in [0.25, 0.3) is 5.91 Å². The maximum absolute atomic E-state index is 11.9. The summed E-state index contributed by atoms with van der Waals surface area (Å²) in [6.07, 6.45) is 3.37. The molecule has 2 rings (SSSR count). The smallest absolute Gasteiger partial charge is 0.261 e. The van der Waals surface area contributed by atoms with Crippen LogP contribution in [0.1, 0.15) is 39.9 Å². The first kappa shape index (κ1) is 12.6. The Morgan fingerprint density at radius 2 is 2.47 bits per heavy atom. The Morgan fingerprint density at radius 3 is 3.06 bits per heavy atom. The van der Waals surface area contributed by atoms with Gasteiger partial charge in [0, 0.05) is 18.0 Å². The van der Waals surface area contributed by atoms with Crippen LogP contribution in [-0.4, -0.2) is 25.2 Å². The summed E-state index contributed by atoms with van der Waals surface area (Å²) in [5.74, 6) is 0.0355. The van der Waals surface area contributed by atoms with Gasteiger partial charge in [-0.05, 0) is 37.8 Å². The summed E-state index contributed by atoms with van der Waals surface area (Å²) in [5.41, 5.74) is 1.28. The molecule has 0 aromatic carbocycles. The second-order valence-corrected chi connectivity index (χ2v) is 5.65. The molecule has 1 saturated heterocycles. The average Bonchev–Trinajstić information content (AvgIpc) is 2.94. The lowest BCUT2D eigenvalue weighted by Gasteiger charge is -2.09. The lowest BCUT2D eigenvalue weighted by molar-refractivity contribution is 0.0861. The van der Waals surface area contributed by atoms with Gasteiger partial charge in [-0.25, -0.2) is 0 Å². The molecule has 2 heterocycles. The largest absolute Gasteiger partial charge is 0.376 e. The lowest BCUT2D eigenvalue weighted by atomic mass is 10.2. The predicted molar refractivity (Wildman–Crippen MR) is 69.7 cm³/mol. The Kier molecular flexibility index (Phi) is 4.18. The van der Waals surface area contributed by atoms with E-state index in [1.165, 1.54) is 10.4 Å². The van der Waals surface area contributed by atoms with E-state index in [9.17, 15) is 4.79 Å². The molecule has 1 aliphatic rings. The summed E-state index contributed by atoms with van der Waals surface area (Å²) in [6.45, 7) is 5.65. The van der Waals surface area contributed by atoms with Crippen LogP contribution in [0.3, 0.4) is 0 Å². The minimum absolute atomic E-state index is 0.0355. The first-order chi connectivity index (χ1) is 8.20. The molecule has 17 heavy (non-hydrogen) atoms. The van der Waals surface area contributed by atoms with E-state index >= 15 is 0 Å². The topological polar surface area (TPSA) is 38.3 Å². The molecule has 1 N–H and O–H groups in total. The van der Waals surface area contributed by atoms with Gasteiger partial charge in [0.2, 0.25) is 0 Å². The molecular weight excluding hydrogens is 234 g/mol. The fraction of sp³-hybridized carbons (Fsp3) is 0.615. The highest BCUT2D eigenvalue weighted by Gasteiger charge is 2.17. The van der Waals surface area contributed by atoms with Crippen LogP contribution in [-0.2, 0) is 11.2 Å². The van der Waals surface area contributed by atoms with Gasteiger partial charge in [0.1, 0.15) is 0 Å². The van der Waals surface area contributed by atoms with E-state index in [0.717, 1.165) is 30.7 Å². The van der Waals surface area contributed by atoms with Crippen LogP contribution < -0.4 is 5.32 Å². The van der Waals surface area contributed by atoms with Crippen molar-refractivity contribution in [2.24, 2.45) is 0 Å². The van der Waals surface area contributed by atoms with Gasteiger partial charge in [-0.15, -0.1) is 11.3 Å². The van der Waals surface area contributed by atoms with E-state index in [2.05, 4.69) is 19.2 Å². The van der Waals surface area contributed by atoms with Crippen LogP contribution >= 0.6 is 11.3 Å². The van der Waals surface area contributed by atoms with Crippen molar-refractivity contribution in [3.8, 4) is 0 Å². The third-order valence-corrected chi connectivity index (χ3v) is 4.23. The first-order valence-electron chi connectivity index (χ1n) is 6.19. The van der Waals surface area contributed by atoms with E-state index in [0.29, 0.717) is 6.54 Å². The minimum Gasteiger partial charge on any atom is -0.376 e. The Labute approximate surface area is 106 Å². The third kappa shape index (κ3) is 3.07. The Balaban J connectivity index is 1.89. The molecule has 0 radical (unpaired) electrons. The number of nitrogens with one attached hydrogen (secondary N) is 1. The number of ether oxygens (including phenoxy) is 1. The fourth-order valence-electron chi connectivity index (χ4n) is 2.08. The highest BCUT2D eigenvalue weighted by molar-refractivity contribution is 7.14. The number of rotatable bonds is 4. The molecule has 1 amide bonds. The summed E-state index contributed by atoms with van der Waals surface area (Å²) in [5, 5.41) is 2.95. The van der Waals surface area contributed by atoms with Crippen molar-refractivity contribution in [3.05, 3.63) is 21.4 Å². The first-order valence-corrected chi connectivity index (χ1v) is 7.01. The number of amides is 1. The van der Waals surface area contributed by atoms with Crippen LogP contribution in [0.4, 0.5) is 0 Å². The van der Waals surface area contributed by atoms with Crippen LogP contribution in [0.15, 0.2) is 6.07 Å². The van der Waals surface area contributed by atoms with Crippen molar-refractivity contribution in [1.82, 2.24) is 5.32 Å². The minimum atomic E-state index is 0.0355. The number of thiophene rings is 1. The molecule has 4 heteroatoms. The van der Waals surface area contributed by atoms with Gasteiger partial charge in [0.05, 0.1) is 11.0 Å². The fourth-order valence-corrected chi connectivity index (χ4v) is 3.11. The highest BCUT2D eigenvalue weighted by Crippen LogP contribution is 2.22. The Morgan fingerprint density at radius 1 is 1.65 bits per heavy atom. The molecule has 0 spiro atoms. The zero-order valence-electron chi connectivity index (χ0n) is 10.4. The molecule has 1 aromatic rings. The van der Waals surface area contributed by atoms with Crippen molar-refractivity contribution >= 4 is 17.2 Å². The van der Waals surface area contributed by atoms with Gasteiger partial charge in [0.15, 0.2) is 0 Å². The second-order valence-electron chi connectivity index (χ2n) is 4.39. The van der Waals surface area contributed by atoms with Crippen molar-refractivity contribution in [1.29, 1.82) is 0 Å². The summed E-state index contributed by atoms with van der Waals surface area (Å²) in [6, 6.07) is 2.00. The van der Waals surface area contributed by atoms with Crippen molar-refractivity contribution in [3.63, 3.8) is 0 Å². The summed E-state index contributed by atoms with van der Waals surface area (Å²) < 4.78 is 5.48. The SMILES string of the molecule is CCc1cc(C(=O)NC[C@H]2CCCO2)sc1C. The monoisotopic (exact) mass is 253 g/mol. The van der Waals surface area contributed by atoms with E-state index in [-0.39, 0.29) is 12.0 Å². The highest BCUT2D eigenvalue weighted by atomic mass is 32.1. The normalized spacial score (nSPS) is 19.5. The molecule has 94 valence electrons. The summed E-state index contributed by atoms with van der Waals surface area (Å²) in [4.78, 5) is 14.0. The van der Waals surface area contributed by atoms with Crippen LogP contribution in [0.25, 0.3) is 0 Å². The number of hydrogen-bond donors (Lipinski definition) is 1. The van der Waals surface area contributed by atoms with Crippen LogP contribution in [0, 0.1) is 6.92 Å². The molecule has 1 atom stereocenters. The average molecular weight is 253 g/mol. The zero-order chi connectivity index (χ0) is 12.3. The van der Waals surface area contributed by atoms with Gasteiger partial charge in [-0.1, -0.05) is 6.92 Å². The zero-order valence-corrected chi connectivity index (χ0v) is 11.2. The molecule has 3 nitrogen and oxygen atoms in total. The second kappa shape index (κ2) is 5.65. The molecule has 1 fully saturated rings. The molecule has 0 saturated carbocycles. The number of hydrogen-bond acceptors (Lipinski definition) is 3. The lowest BCUT2D eigenvalue weighted by Crippen LogP contribution is -2.31. The molecular formula is C13H19NO2S. The number of carbonyl (C=O) groups is 1. The predicted octanol–water partition coefficient (Wildman–Crippen LogP) is 2.53. The van der Waals surface area contributed by atoms with E-state index < -0.39 is 0 Å². The third-order valence-electron chi connectivity index (χ3n) is 3.14. The Bertz CT molecular complexity index is 394. The maximum Gasteiger partial charge on any atom is 0.261 e. The summed E-state index contributed by atoms with van der Waals surface area (Å²) >= 11 is 1.58. The summed E-state index contributed by atoms with van der Waals surface area (Å²) in [7, 11) is 0. The molecule has 1 aliphatic heterocycles. The van der Waals surface area contributed by atoms with E-state index in [1.807, 2.05) is 6.07 Å². The standard InChI is InChI=1S/C13H19NO2S/c1-3-10-7-12(17-9(10)2)13(15)14-8-11-5-4-6-16-11/h7,11H,3-6,8H2,1-2H3,(H,14,15)/t11-/m1/s1.